The van der Waals surface area contributed by atoms with Crippen LogP contribution in [0.5, 0.6) is 0 Å². The highest BCUT2D eigenvalue weighted by Gasteiger charge is 2.48. The van der Waals surface area contributed by atoms with Gasteiger partial charge in [0.1, 0.15) is 17.2 Å². The third-order valence-corrected chi connectivity index (χ3v) is 14.1. The zero-order valence-electron chi connectivity index (χ0n) is 26.1. The summed E-state index contributed by atoms with van der Waals surface area (Å²) in [6.07, 6.45) is 5.51. The van der Waals surface area contributed by atoms with Crippen molar-refractivity contribution in [3.63, 3.8) is 0 Å². The molecule has 0 spiro atoms. The summed E-state index contributed by atoms with van der Waals surface area (Å²) in [5.74, 6) is 0.769. The van der Waals surface area contributed by atoms with Crippen LogP contribution in [0.4, 0.5) is 11.4 Å². The van der Waals surface area contributed by atoms with E-state index in [1.54, 1.807) is 60.8 Å². The first-order chi connectivity index (χ1) is 22.7. The largest absolute Gasteiger partial charge is 0.456 e. The second-order valence-electron chi connectivity index (χ2n) is 13.5. The van der Waals surface area contributed by atoms with Gasteiger partial charge in [0.2, 0.25) is 0 Å². The molecule has 1 saturated carbocycles. The van der Waals surface area contributed by atoms with Gasteiger partial charge in [-0.2, -0.15) is 5.26 Å². The minimum Gasteiger partial charge on any atom is -0.456 e. The van der Waals surface area contributed by atoms with Crippen molar-refractivity contribution < 1.29 is 9.53 Å². The molecular formula is C39H30N2O2S4. The van der Waals surface area contributed by atoms with Gasteiger partial charge in [-0.15, -0.1) is 45.3 Å². The number of nitriles is 1. The summed E-state index contributed by atoms with van der Waals surface area (Å²) < 4.78 is 10.3. The second-order valence-corrected chi connectivity index (χ2v) is 17.9. The van der Waals surface area contributed by atoms with Crippen molar-refractivity contribution in [1.82, 2.24) is 0 Å². The fraction of sp³-hybridized carbons (Fsp3) is 0.231. The van der Waals surface area contributed by atoms with Crippen molar-refractivity contribution in [3.05, 3.63) is 100 Å². The monoisotopic (exact) mass is 686 g/mol. The number of hydrogen-bond acceptors (Lipinski definition) is 8. The van der Waals surface area contributed by atoms with Crippen molar-refractivity contribution >= 4 is 87.6 Å². The van der Waals surface area contributed by atoms with E-state index in [2.05, 4.69) is 77.7 Å². The summed E-state index contributed by atoms with van der Waals surface area (Å²) in [4.78, 5) is 19.7. The van der Waals surface area contributed by atoms with Gasteiger partial charge in [-0.3, -0.25) is 0 Å². The van der Waals surface area contributed by atoms with E-state index in [9.17, 15) is 10.1 Å². The number of fused-ring (bicyclic) bond motifs is 8. The van der Waals surface area contributed by atoms with Gasteiger partial charge in [0, 0.05) is 61.3 Å². The number of carbonyl (C=O) groups excluding carboxylic acids is 1. The third kappa shape index (κ3) is 4.91. The van der Waals surface area contributed by atoms with Gasteiger partial charge in [-0.25, -0.2) is 4.79 Å². The summed E-state index contributed by atoms with van der Waals surface area (Å²) in [5.41, 5.74) is 8.01. The van der Waals surface area contributed by atoms with E-state index in [4.69, 9.17) is 4.74 Å². The van der Waals surface area contributed by atoms with E-state index in [1.807, 2.05) is 28.7 Å². The van der Waals surface area contributed by atoms with Crippen molar-refractivity contribution in [2.75, 3.05) is 4.90 Å². The maximum absolute atomic E-state index is 12.4. The summed E-state index contributed by atoms with van der Waals surface area (Å²) in [6.45, 7) is 5.40. The van der Waals surface area contributed by atoms with Crippen LogP contribution in [0.3, 0.4) is 0 Å². The lowest BCUT2D eigenvalue weighted by Crippen LogP contribution is -2.24. The maximum Gasteiger partial charge on any atom is 0.349 e. The molecular weight excluding hydrogens is 657 g/mol. The van der Waals surface area contributed by atoms with Gasteiger partial charge in [-0.1, -0.05) is 30.3 Å². The van der Waals surface area contributed by atoms with Gasteiger partial charge >= 0.3 is 5.97 Å². The zero-order chi connectivity index (χ0) is 32.0. The van der Waals surface area contributed by atoms with E-state index in [0.717, 1.165) is 20.2 Å². The normalized spacial score (nSPS) is 18.8. The number of rotatable bonds is 5. The maximum atomic E-state index is 12.4. The average molecular weight is 687 g/mol. The Kier molecular flexibility index (Phi) is 6.68. The molecule has 232 valence electrons. The fourth-order valence-electron chi connectivity index (χ4n) is 7.43. The second kappa shape index (κ2) is 10.8. The van der Waals surface area contributed by atoms with Crippen LogP contribution in [0.25, 0.3) is 45.1 Å². The number of nitrogens with zero attached hydrogens (tertiary/aromatic N) is 2. The molecule has 8 heteroatoms. The first-order valence-corrected chi connectivity index (χ1v) is 19.1. The van der Waals surface area contributed by atoms with Crippen LogP contribution in [-0.4, -0.2) is 11.6 Å². The smallest absolute Gasteiger partial charge is 0.349 e. The van der Waals surface area contributed by atoms with Gasteiger partial charge in [0.05, 0.1) is 0 Å². The Bertz CT molecular complexity index is 2290. The standard InChI is InChI=1S/C39H30N2O2S4/c1-39(2,3)43-38(42)24(20-40)15-26-16-30-31(44-26)18-34(46-30)35-19-33-32(47-35)17-29(45-33)21-10-12-25(13-11-21)41-28-7-5-4-6-27(28)36-22-8-9-23(14-22)37(36)41/h4-7,10-13,15-19,22,36H,8-9,14H2,1-3H3/b24-15+. The molecule has 2 unspecified atom stereocenters. The first-order valence-electron chi connectivity index (χ1n) is 15.9. The quantitative estimate of drug-likeness (QED) is 0.103. The Morgan fingerprint density at radius 2 is 1.55 bits per heavy atom. The number of carbonyl (C=O) groups is 1. The summed E-state index contributed by atoms with van der Waals surface area (Å²) in [6, 6.07) is 29.2. The molecule has 2 atom stereocenters. The zero-order valence-corrected chi connectivity index (χ0v) is 29.4. The number of para-hydroxylation sites is 1. The number of esters is 1. The Hall–Kier alpha value is -4.00. The molecule has 2 aliphatic carbocycles. The van der Waals surface area contributed by atoms with Crippen molar-refractivity contribution in [1.29, 1.82) is 5.26 Å². The Morgan fingerprint density at radius 3 is 2.26 bits per heavy atom. The van der Waals surface area contributed by atoms with Crippen molar-refractivity contribution in [2.24, 2.45) is 5.92 Å². The van der Waals surface area contributed by atoms with Gasteiger partial charge in [0.25, 0.3) is 0 Å². The molecule has 0 amide bonds. The molecule has 2 bridgehead atoms. The highest BCUT2D eigenvalue weighted by Crippen LogP contribution is 2.62. The van der Waals surface area contributed by atoms with Crippen molar-refractivity contribution in [2.45, 2.75) is 51.6 Å². The van der Waals surface area contributed by atoms with E-state index in [1.165, 1.54) is 65.8 Å². The van der Waals surface area contributed by atoms with Crippen LogP contribution < -0.4 is 4.90 Å². The van der Waals surface area contributed by atoms with Crippen LogP contribution in [-0.2, 0) is 9.53 Å². The highest BCUT2D eigenvalue weighted by atomic mass is 32.1. The molecule has 3 aliphatic rings. The molecule has 5 heterocycles. The van der Waals surface area contributed by atoms with Crippen LogP contribution in [0.15, 0.2) is 89.6 Å². The Labute approximate surface area is 289 Å². The number of hydrogen-bond donors (Lipinski definition) is 0. The van der Waals surface area contributed by atoms with E-state index in [-0.39, 0.29) is 5.57 Å². The average Bonchev–Trinajstić information content (AvgIpc) is 3.88. The SMILES string of the molecule is CC(C)(C)OC(=O)/C(C#N)=C/c1cc2sc(-c3cc4sc(-c5ccc(N6C7=C8CCC(C8)C7c7ccccc76)cc5)cc4s3)cc2s1. The molecule has 9 rings (SSSR count). The number of benzene rings is 2. The molecule has 0 N–H and O–H groups in total. The lowest BCUT2D eigenvalue weighted by Gasteiger charge is -2.26. The van der Waals surface area contributed by atoms with Crippen LogP contribution >= 0.6 is 45.3 Å². The van der Waals surface area contributed by atoms with E-state index < -0.39 is 11.6 Å². The summed E-state index contributed by atoms with van der Waals surface area (Å²) >= 11 is 7.04. The highest BCUT2D eigenvalue weighted by molar-refractivity contribution is 7.34. The fourth-order valence-corrected chi connectivity index (χ4v) is 12.3. The molecule has 47 heavy (non-hydrogen) atoms. The number of allylic oxidation sites excluding steroid dienone is 2. The van der Waals surface area contributed by atoms with E-state index in [0.29, 0.717) is 5.92 Å². The first kappa shape index (κ1) is 29.2. The molecule has 1 fully saturated rings. The third-order valence-electron chi connectivity index (χ3n) is 9.32. The predicted octanol–water partition coefficient (Wildman–Crippen LogP) is 12.1. The minimum absolute atomic E-state index is 0.0199. The molecule has 0 saturated heterocycles. The summed E-state index contributed by atoms with van der Waals surface area (Å²) in [7, 11) is 0. The van der Waals surface area contributed by atoms with Crippen LogP contribution in [0, 0.1) is 17.2 Å². The molecule has 1 aliphatic heterocycles. The Morgan fingerprint density at radius 1 is 0.894 bits per heavy atom. The Balaban J connectivity index is 0.953. The van der Waals surface area contributed by atoms with Gasteiger partial charge in [0.15, 0.2) is 0 Å². The topological polar surface area (TPSA) is 53.3 Å². The van der Waals surface area contributed by atoms with Gasteiger partial charge in [-0.05, 0) is 111 Å². The van der Waals surface area contributed by atoms with Crippen LogP contribution in [0.2, 0.25) is 0 Å². The minimum atomic E-state index is -0.643. The molecule has 0 radical (unpaired) electrons. The molecule has 4 nitrogen and oxygen atoms in total. The molecule has 4 aromatic heterocycles. The number of thiophene rings is 4. The lowest BCUT2D eigenvalue weighted by molar-refractivity contribution is -0.149. The predicted molar refractivity (Wildman–Crippen MR) is 199 cm³/mol. The number of ether oxygens (including phenoxy) is 1. The van der Waals surface area contributed by atoms with E-state index >= 15 is 0 Å². The van der Waals surface area contributed by atoms with Crippen LogP contribution in [0.1, 0.15) is 56.4 Å². The summed E-state index contributed by atoms with van der Waals surface area (Å²) in [5, 5.41) is 9.54. The molecule has 2 aromatic carbocycles. The lowest BCUT2D eigenvalue weighted by atomic mass is 9.86. The molecule has 6 aromatic rings. The number of anilines is 2. The van der Waals surface area contributed by atoms with Gasteiger partial charge < -0.3 is 9.64 Å². The van der Waals surface area contributed by atoms with Crippen molar-refractivity contribution in [3.8, 4) is 26.3 Å².